The van der Waals surface area contributed by atoms with E-state index in [9.17, 15) is 0 Å². The number of rotatable bonds is 2. The number of para-hydroxylation sites is 1. The number of benzene rings is 2. The monoisotopic (exact) mass is 327 g/mol. The van der Waals surface area contributed by atoms with Gasteiger partial charge < -0.3 is 21.9 Å². The van der Waals surface area contributed by atoms with Crippen molar-refractivity contribution in [2.75, 3.05) is 14.2 Å². The van der Waals surface area contributed by atoms with Crippen LogP contribution in [0.15, 0.2) is 48.5 Å². The van der Waals surface area contributed by atoms with Crippen LogP contribution in [0.1, 0.15) is 5.56 Å². The molecule has 0 radical (unpaired) electrons. The molecule has 23 heavy (non-hydrogen) atoms. The number of fused-ring (bicyclic) bond motifs is 5. The molecule has 0 spiro atoms. The van der Waals surface area contributed by atoms with Gasteiger partial charge in [-0.25, -0.2) is 0 Å². The summed E-state index contributed by atoms with van der Waals surface area (Å²) in [6.45, 7) is 0.985. The second-order valence-corrected chi connectivity index (χ2v) is 5.54. The van der Waals surface area contributed by atoms with Gasteiger partial charge in [0.25, 0.3) is 0 Å². The van der Waals surface area contributed by atoms with Gasteiger partial charge >= 0.3 is 0 Å². The van der Waals surface area contributed by atoms with E-state index in [2.05, 4.69) is 53.1 Å². The minimum absolute atomic E-state index is 0. The molecule has 0 unspecified atom stereocenters. The summed E-state index contributed by atoms with van der Waals surface area (Å²) in [4.78, 5) is 0. The van der Waals surface area contributed by atoms with Crippen molar-refractivity contribution in [3.8, 4) is 22.8 Å². The van der Waals surface area contributed by atoms with Crippen LogP contribution < -0.4 is 26.4 Å². The first-order chi connectivity index (χ1) is 10.8. The average molecular weight is 328 g/mol. The van der Waals surface area contributed by atoms with Crippen LogP contribution in [0.5, 0.6) is 11.5 Å². The molecule has 4 rings (SSSR count). The molecule has 1 aromatic heterocycles. The smallest absolute Gasteiger partial charge is 0.213 e. The molecule has 0 saturated heterocycles. The van der Waals surface area contributed by atoms with Gasteiger partial charge in [0.2, 0.25) is 11.2 Å². The van der Waals surface area contributed by atoms with Crippen LogP contribution in [-0.4, -0.2) is 14.2 Å². The SMILES string of the molecule is COc1cc2c(cc1OC)-c1ccc3ccccc3[n+]1CC2.[Cl-]. The summed E-state index contributed by atoms with van der Waals surface area (Å²) in [6, 6.07) is 17.1. The molecule has 3 aromatic rings. The van der Waals surface area contributed by atoms with E-state index < -0.39 is 0 Å². The van der Waals surface area contributed by atoms with Crippen LogP contribution in [0.4, 0.5) is 0 Å². The quantitative estimate of drug-likeness (QED) is 0.635. The molecule has 0 aliphatic carbocycles. The summed E-state index contributed by atoms with van der Waals surface area (Å²) in [5.41, 5.74) is 5.06. The minimum atomic E-state index is 0. The topological polar surface area (TPSA) is 22.3 Å². The number of hydrogen-bond donors (Lipinski definition) is 0. The normalized spacial score (nSPS) is 12.1. The largest absolute Gasteiger partial charge is 1.00 e. The number of halogens is 1. The highest BCUT2D eigenvalue weighted by Crippen LogP contribution is 2.37. The van der Waals surface area contributed by atoms with E-state index in [0.29, 0.717) is 0 Å². The number of hydrogen-bond acceptors (Lipinski definition) is 2. The first-order valence-electron chi connectivity index (χ1n) is 7.48. The first-order valence-corrected chi connectivity index (χ1v) is 7.48. The third-order valence-corrected chi connectivity index (χ3v) is 4.43. The highest BCUT2D eigenvalue weighted by Gasteiger charge is 2.26. The van der Waals surface area contributed by atoms with Gasteiger partial charge in [-0.05, 0) is 29.8 Å². The van der Waals surface area contributed by atoms with E-state index >= 15 is 0 Å². The Hall–Kier alpha value is -2.26. The summed E-state index contributed by atoms with van der Waals surface area (Å²) >= 11 is 0. The van der Waals surface area contributed by atoms with Gasteiger partial charge in [-0.3, -0.25) is 0 Å². The summed E-state index contributed by atoms with van der Waals surface area (Å²) < 4.78 is 13.3. The molecule has 2 heterocycles. The molecule has 1 aliphatic heterocycles. The third-order valence-electron chi connectivity index (χ3n) is 4.43. The molecular weight excluding hydrogens is 310 g/mol. The second-order valence-electron chi connectivity index (χ2n) is 5.54. The Morgan fingerprint density at radius 3 is 2.43 bits per heavy atom. The third kappa shape index (κ3) is 2.41. The number of aryl methyl sites for hydroxylation is 2. The van der Waals surface area contributed by atoms with Crippen LogP contribution in [0.3, 0.4) is 0 Å². The number of nitrogens with zero attached hydrogens (tertiary/aromatic N) is 1. The highest BCUT2D eigenvalue weighted by molar-refractivity contribution is 5.78. The van der Waals surface area contributed by atoms with Crippen LogP contribution in [-0.2, 0) is 13.0 Å². The van der Waals surface area contributed by atoms with Crippen molar-refractivity contribution in [2.45, 2.75) is 13.0 Å². The lowest BCUT2D eigenvalue weighted by Crippen LogP contribution is -3.00. The molecular formula is C19H18ClNO2. The van der Waals surface area contributed by atoms with Crippen molar-refractivity contribution < 1.29 is 26.4 Å². The zero-order valence-corrected chi connectivity index (χ0v) is 13.9. The number of pyridine rings is 1. The fourth-order valence-electron chi connectivity index (χ4n) is 3.34. The zero-order valence-electron chi connectivity index (χ0n) is 13.2. The Labute approximate surface area is 141 Å². The van der Waals surface area contributed by atoms with Gasteiger partial charge in [-0.2, -0.15) is 4.57 Å². The van der Waals surface area contributed by atoms with Crippen LogP contribution >= 0.6 is 0 Å². The van der Waals surface area contributed by atoms with E-state index in [1.165, 1.54) is 27.7 Å². The molecule has 0 amide bonds. The van der Waals surface area contributed by atoms with Crippen molar-refractivity contribution in [3.05, 3.63) is 54.1 Å². The molecule has 0 bridgehead atoms. The molecule has 1 aliphatic rings. The van der Waals surface area contributed by atoms with Gasteiger partial charge in [-0.15, -0.1) is 0 Å². The molecule has 3 nitrogen and oxygen atoms in total. The highest BCUT2D eigenvalue weighted by atomic mass is 35.5. The summed E-state index contributed by atoms with van der Waals surface area (Å²) in [6.07, 6.45) is 1.00. The zero-order chi connectivity index (χ0) is 15.1. The van der Waals surface area contributed by atoms with Crippen LogP contribution in [0, 0.1) is 0 Å². The molecule has 4 heteroatoms. The van der Waals surface area contributed by atoms with Crippen LogP contribution in [0.2, 0.25) is 0 Å². The molecule has 2 aromatic carbocycles. The lowest BCUT2D eigenvalue weighted by atomic mass is 9.95. The predicted octanol–water partition coefficient (Wildman–Crippen LogP) is 0.372. The Balaban J connectivity index is 0.00000156. The molecule has 0 atom stereocenters. The maximum absolute atomic E-state index is 5.47. The van der Waals surface area contributed by atoms with E-state index in [1.807, 2.05) is 0 Å². The predicted molar refractivity (Wildman–Crippen MR) is 86.4 cm³/mol. The van der Waals surface area contributed by atoms with Gasteiger partial charge in [0.05, 0.1) is 19.8 Å². The van der Waals surface area contributed by atoms with Crippen molar-refractivity contribution in [1.82, 2.24) is 0 Å². The average Bonchev–Trinajstić information content (AvgIpc) is 2.59. The number of aromatic nitrogens is 1. The first kappa shape index (κ1) is 15.6. The van der Waals surface area contributed by atoms with Crippen molar-refractivity contribution in [1.29, 1.82) is 0 Å². The Kier molecular flexibility index (Phi) is 4.14. The number of ether oxygens (including phenoxy) is 2. The molecule has 0 N–H and O–H groups in total. The lowest BCUT2D eigenvalue weighted by molar-refractivity contribution is -0.661. The standard InChI is InChI=1S/C19H18NO2.ClH/c1-21-18-11-14-9-10-20-16-6-4-3-5-13(16)7-8-17(20)15(14)12-19(18)22-2;/h3-8,11-12H,9-10H2,1-2H3;1H/q+1;/p-1. The fraction of sp³-hybridized carbons (Fsp3) is 0.211. The number of methoxy groups -OCH3 is 2. The molecule has 0 fully saturated rings. The maximum atomic E-state index is 5.47. The van der Waals surface area contributed by atoms with Crippen molar-refractivity contribution >= 4 is 10.9 Å². The van der Waals surface area contributed by atoms with E-state index in [-0.39, 0.29) is 12.4 Å². The van der Waals surface area contributed by atoms with Crippen molar-refractivity contribution in [2.24, 2.45) is 0 Å². The molecule has 0 saturated carbocycles. The Bertz CT molecular complexity index is 877. The van der Waals surface area contributed by atoms with Crippen LogP contribution in [0.25, 0.3) is 22.2 Å². The van der Waals surface area contributed by atoms with Gasteiger partial charge in [0.1, 0.15) is 0 Å². The fourth-order valence-corrected chi connectivity index (χ4v) is 3.34. The van der Waals surface area contributed by atoms with E-state index in [1.54, 1.807) is 14.2 Å². The Morgan fingerprint density at radius 1 is 0.913 bits per heavy atom. The van der Waals surface area contributed by atoms with Gasteiger partial charge in [-0.1, -0.05) is 12.1 Å². The van der Waals surface area contributed by atoms with Gasteiger partial charge in [0.15, 0.2) is 18.0 Å². The van der Waals surface area contributed by atoms with Crippen molar-refractivity contribution in [3.63, 3.8) is 0 Å². The van der Waals surface area contributed by atoms with E-state index in [4.69, 9.17) is 9.47 Å². The van der Waals surface area contributed by atoms with E-state index in [0.717, 1.165) is 24.5 Å². The summed E-state index contributed by atoms with van der Waals surface area (Å²) in [5.74, 6) is 1.58. The summed E-state index contributed by atoms with van der Waals surface area (Å²) in [7, 11) is 3.37. The maximum Gasteiger partial charge on any atom is 0.213 e. The lowest BCUT2D eigenvalue weighted by Gasteiger charge is -2.18. The molecule has 118 valence electrons. The summed E-state index contributed by atoms with van der Waals surface area (Å²) in [5, 5.41) is 1.27. The minimum Gasteiger partial charge on any atom is -1.00 e. The second kappa shape index (κ2) is 6.09. The van der Waals surface area contributed by atoms with Gasteiger partial charge in [0, 0.05) is 23.9 Å². The Morgan fingerprint density at radius 2 is 1.65 bits per heavy atom.